The molecule has 7 heteroatoms. The second-order valence-corrected chi connectivity index (χ2v) is 6.50. The van der Waals surface area contributed by atoms with Crippen LogP contribution in [0.4, 0.5) is 14.5 Å². The molecule has 0 aliphatic carbocycles. The Morgan fingerprint density at radius 2 is 1.96 bits per heavy atom. The first-order chi connectivity index (χ1) is 10.9. The van der Waals surface area contributed by atoms with E-state index < -0.39 is 16.9 Å². The normalized spacial score (nSPS) is 11.9. The van der Waals surface area contributed by atoms with Crippen LogP contribution in [-0.2, 0) is 4.79 Å². The minimum Gasteiger partial charge on any atom is -0.495 e. The average Bonchev–Trinajstić information content (AvgIpc) is 2.51. The zero-order chi connectivity index (χ0) is 17.0. The van der Waals surface area contributed by atoms with Crippen molar-refractivity contribution in [2.24, 2.45) is 0 Å². The molecule has 0 aliphatic rings. The molecular formula is C16H14ClF2NO2S. The van der Waals surface area contributed by atoms with Gasteiger partial charge in [0, 0.05) is 10.6 Å². The van der Waals surface area contributed by atoms with Gasteiger partial charge in [-0.3, -0.25) is 4.79 Å². The van der Waals surface area contributed by atoms with Gasteiger partial charge in [-0.1, -0.05) is 11.6 Å². The molecule has 0 aromatic heterocycles. The Morgan fingerprint density at radius 1 is 1.22 bits per heavy atom. The lowest BCUT2D eigenvalue weighted by atomic mass is 10.3. The van der Waals surface area contributed by atoms with Crippen molar-refractivity contribution in [1.29, 1.82) is 0 Å². The standard InChI is InChI=1S/C16H14ClF2NO2S/c1-9(23-11-4-5-13(18)14(19)8-11)16(21)20-10-3-6-15(22-2)12(17)7-10/h3-9H,1-2H3,(H,20,21). The lowest BCUT2D eigenvalue weighted by Crippen LogP contribution is -2.22. The summed E-state index contributed by atoms with van der Waals surface area (Å²) in [6, 6.07) is 8.41. The van der Waals surface area contributed by atoms with Gasteiger partial charge in [-0.2, -0.15) is 0 Å². The maximum atomic E-state index is 13.2. The van der Waals surface area contributed by atoms with Gasteiger partial charge in [0.25, 0.3) is 0 Å². The third-order valence-electron chi connectivity index (χ3n) is 2.99. The fourth-order valence-corrected chi connectivity index (χ4v) is 2.95. The van der Waals surface area contributed by atoms with Gasteiger partial charge in [-0.25, -0.2) is 8.78 Å². The summed E-state index contributed by atoms with van der Waals surface area (Å²) in [4.78, 5) is 12.6. The molecule has 2 aromatic rings. The van der Waals surface area contributed by atoms with E-state index in [1.165, 1.54) is 13.2 Å². The molecular weight excluding hydrogens is 344 g/mol. The number of hydrogen-bond donors (Lipinski definition) is 1. The van der Waals surface area contributed by atoms with Crippen LogP contribution in [0.1, 0.15) is 6.92 Å². The molecule has 0 aliphatic heterocycles. The van der Waals surface area contributed by atoms with Crippen molar-refractivity contribution in [3.05, 3.63) is 53.1 Å². The van der Waals surface area contributed by atoms with Crippen molar-refractivity contribution in [1.82, 2.24) is 0 Å². The molecule has 1 amide bonds. The van der Waals surface area contributed by atoms with E-state index in [2.05, 4.69) is 5.32 Å². The first-order valence-electron chi connectivity index (χ1n) is 6.67. The molecule has 0 spiro atoms. The van der Waals surface area contributed by atoms with E-state index in [1.54, 1.807) is 25.1 Å². The van der Waals surface area contributed by atoms with E-state index in [0.29, 0.717) is 21.4 Å². The molecule has 0 saturated heterocycles. The maximum absolute atomic E-state index is 13.2. The number of rotatable bonds is 5. The highest BCUT2D eigenvalue weighted by Gasteiger charge is 2.16. The molecule has 122 valence electrons. The number of halogens is 3. The monoisotopic (exact) mass is 357 g/mol. The number of ether oxygens (including phenoxy) is 1. The Morgan fingerprint density at radius 3 is 2.57 bits per heavy atom. The van der Waals surface area contributed by atoms with Crippen LogP contribution in [0.3, 0.4) is 0 Å². The van der Waals surface area contributed by atoms with Crippen molar-refractivity contribution < 1.29 is 18.3 Å². The lowest BCUT2D eigenvalue weighted by molar-refractivity contribution is -0.115. The van der Waals surface area contributed by atoms with Gasteiger partial charge in [0.1, 0.15) is 5.75 Å². The van der Waals surface area contributed by atoms with Crippen molar-refractivity contribution in [3.8, 4) is 5.75 Å². The molecule has 0 fully saturated rings. The summed E-state index contributed by atoms with van der Waals surface area (Å²) in [6.45, 7) is 1.67. The third-order valence-corrected chi connectivity index (χ3v) is 4.38. The topological polar surface area (TPSA) is 38.3 Å². The van der Waals surface area contributed by atoms with Crippen molar-refractivity contribution in [2.45, 2.75) is 17.1 Å². The molecule has 3 nitrogen and oxygen atoms in total. The van der Waals surface area contributed by atoms with Gasteiger partial charge in [-0.15, -0.1) is 11.8 Å². The molecule has 1 unspecified atom stereocenters. The smallest absolute Gasteiger partial charge is 0.237 e. The molecule has 23 heavy (non-hydrogen) atoms. The Kier molecular flexibility index (Phi) is 5.85. The second kappa shape index (κ2) is 7.66. The number of amides is 1. The number of nitrogens with one attached hydrogen (secondary N) is 1. The molecule has 1 N–H and O–H groups in total. The highest BCUT2D eigenvalue weighted by molar-refractivity contribution is 8.00. The second-order valence-electron chi connectivity index (χ2n) is 4.67. The Bertz CT molecular complexity index is 727. The minimum absolute atomic E-state index is 0.277. The predicted molar refractivity (Wildman–Crippen MR) is 88.3 cm³/mol. The van der Waals surface area contributed by atoms with E-state index in [0.717, 1.165) is 23.9 Å². The fourth-order valence-electron chi connectivity index (χ4n) is 1.80. The average molecular weight is 358 g/mol. The molecule has 0 saturated carbocycles. The van der Waals surface area contributed by atoms with Crippen LogP contribution >= 0.6 is 23.4 Å². The summed E-state index contributed by atoms with van der Waals surface area (Å²) in [5.41, 5.74) is 0.526. The van der Waals surface area contributed by atoms with Gasteiger partial charge in [0.15, 0.2) is 11.6 Å². The molecule has 0 radical (unpaired) electrons. The van der Waals surface area contributed by atoms with Gasteiger partial charge in [0.2, 0.25) is 5.91 Å². The zero-order valence-electron chi connectivity index (χ0n) is 12.4. The quantitative estimate of drug-likeness (QED) is 0.785. The van der Waals surface area contributed by atoms with Crippen molar-refractivity contribution >= 4 is 35.0 Å². The van der Waals surface area contributed by atoms with Crippen molar-refractivity contribution in [2.75, 3.05) is 12.4 Å². The number of carbonyl (C=O) groups excluding carboxylic acids is 1. The highest BCUT2D eigenvalue weighted by Crippen LogP contribution is 2.29. The summed E-state index contributed by atoms with van der Waals surface area (Å²) >= 11 is 7.13. The number of anilines is 1. The number of thioether (sulfide) groups is 1. The third kappa shape index (κ3) is 4.59. The molecule has 2 rings (SSSR count). The summed E-state index contributed by atoms with van der Waals surface area (Å²) in [6.07, 6.45) is 0. The molecule has 2 aromatic carbocycles. The number of carbonyl (C=O) groups is 1. The first-order valence-corrected chi connectivity index (χ1v) is 7.92. The van der Waals surface area contributed by atoms with Gasteiger partial charge >= 0.3 is 0 Å². The van der Waals surface area contributed by atoms with Gasteiger partial charge in [-0.05, 0) is 43.3 Å². The van der Waals surface area contributed by atoms with Crippen LogP contribution in [-0.4, -0.2) is 18.3 Å². The van der Waals surface area contributed by atoms with Crippen LogP contribution in [0.25, 0.3) is 0 Å². The highest BCUT2D eigenvalue weighted by atomic mass is 35.5. The molecule has 0 bridgehead atoms. The van der Waals surface area contributed by atoms with Crippen LogP contribution in [0.5, 0.6) is 5.75 Å². The van der Waals surface area contributed by atoms with E-state index in [4.69, 9.17) is 16.3 Å². The van der Waals surface area contributed by atoms with E-state index in [9.17, 15) is 13.6 Å². The van der Waals surface area contributed by atoms with Crippen LogP contribution in [0.15, 0.2) is 41.3 Å². The predicted octanol–water partition coefficient (Wildman–Crippen LogP) is 4.75. The minimum atomic E-state index is -0.940. The van der Waals surface area contributed by atoms with Crippen LogP contribution in [0, 0.1) is 11.6 Å². The zero-order valence-corrected chi connectivity index (χ0v) is 14.0. The Hall–Kier alpha value is -1.79. The summed E-state index contributed by atoms with van der Waals surface area (Å²) < 4.78 is 31.1. The van der Waals surface area contributed by atoms with Gasteiger partial charge in [0.05, 0.1) is 17.4 Å². The Balaban J connectivity index is 2.02. The number of hydrogen-bond acceptors (Lipinski definition) is 3. The largest absolute Gasteiger partial charge is 0.495 e. The van der Waals surface area contributed by atoms with E-state index in [1.807, 2.05) is 0 Å². The molecule has 0 heterocycles. The Labute approximate surface area is 142 Å². The first kappa shape index (κ1) is 17.6. The number of benzene rings is 2. The maximum Gasteiger partial charge on any atom is 0.237 e. The van der Waals surface area contributed by atoms with Crippen LogP contribution < -0.4 is 10.1 Å². The summed E-state index contributed by atoms with van der Waals surface area (Å²) in [7, 11) is 1.50. The summed E-state index contributed by atoms with van der Waals surface area (Å²) in [5.74, 6) is -1.63. The molecule has 1 atom stereocenters. The van der Waals surface area contributed by atoms with Gasteiger partial charge < -0.3 is 10.1 Å². The van der Waals surface area contributed by atoms with E-state index >= 15 is 0 Å². The van der Waals surface area contributed by atoms with Crippen LogP contribution in [0.2, 0.25) is 5.02 Å². The fraction of sp³-hybridized carbons (Fsp3) is 0.188. The van der Waals surface area contributed by atoms with Crippen molar-refractivity contribution in [3.63, 3.8) is 0 Å². The SMILES string of the molecule is COc1ccc(NC(=O)C(C)Sc2ccc(F)c(F)c2)cc1Cl. The van der Waals surface area contributed by atoms with E-state index in [-0.39, 0.29) is 5.91 Å². The number of methoxy groups -OCH3 is 1. The summed E-state index contributed by atoms with van der Waals surface area (Å²) in [5, 5.41) is 2.59. The lowest BCUT2D eigenvalue weighted by Gasteiger charge is -2.13.